The fourth-order valence-electron chi connectivity index (χ4n) is 3.62. The smallest absolute Gasteiger partial charge is 0.748 e. The van der Waals surface area contributed by atoms with Gasteiger partial charge in [-0.2, -0.15) is 0 Å². The van der Waals surface area contributed by atoms with Crippen LogP contribution in [0.3, 0.4) is 0 Å². The van der Waals surface area contributed by atoms with Crippen LogP contribution in [0.15, 0.2) is 18.2 Å². The van der Waals surface area contributed by atoms with E-state index in [0.717, 1.165) is 25.7 Å². The van der Waals surface area contributed by atoms with Gasteiger partial charge in [0.05, 0.1) is 5.25 Å². The van der Waals surface area contributed by atoms with E-state index in [0.29, 0.717) is 5.75 Å². The molecule has 0 bridgehead atoms. The van der Waals surface area contributed by atoms with Gasteiger partial charge in [-0.3, -0.25) is 0 Å². The van der Waals surface area contributed by atoms with Crippen molar-refractivity contribution in [3.8, 4) is 5.75 Å². The van der Waals surface area contributed by atoms with Gasteiger partial charge in [-0.1, -0.05) is 84.1 Å². The van der Waals surface area contributed by atoms with Gasteiger partial charge in [-0.25, -0.2) is 8.42 Å². The topological polar surface area (TPSA) is 66.4 Å². The maximum atomic E-state index is 11.1. The molecule has 0 radical (unpaired) electrons. The zero-order valence-corrected chi connectivity index (χ0v) is 23.3. The summed E-state index contributed by atoms with van der Waals surface area (Å²) in [5, 5.41) is -1.04. The Kier molecular flexibility index (Phi) is 18.3. The second-order valence-electron chi connectivity index (χ2n) is 8.64. The van der Waals surface area contributed by atoms with Gasteiger partial charge in [0.15, 0.2) is 0 Å². The molecule has 1 unspecified atom stereocenters. The summed E-state index contributed by atoms with van der Waals surface area (Å²) in [5.74, 6) is 0.690. The van der Waals surface area contributed by atoms with Crippen molar-refractivity contribution in [2.45, 2.75) is 116 Å². The number of hydrogen-bond donors (Lipinski definition) is 0. The summed E-state index contributed by atoms with van der Waals surface area (Å²) in [6, 6.07) is 6.31. The van der Waals surface area contributed by atoms with Gasteiger partial charge >= 0.3 is 29.6 Å². The normalized spacial score (nSPS) is 12.4. The van der Waals surface area contributed by atoms with Crippen molar-refractivity contribution >= 4 is 10.1 Å². The minimum Gasteiger partial charge on any atom is -0.748 e. The van der Waals surface area contributed by atoms with Crippen LogP contribution in [0, 0.1) is 0 Å². The van der Waals surface area contributed by atoms with Crippen molar-refractivity contribution in [2.75, 3.05) is 6.61 Å². The summed E-state index contributed by atoms with van der Waals surface area (Å²) in [6.45, 7) is 5.77. The first-order chi connectivity index (χ1) is 14.4. The Balaban J connectivity index is 0.00000900. The second-order valence-corrected chi connectivity index (χ2v) is 10.4. The number of hydrogen-bond acceptors (Lipinski definition) is 4. The van der Waals surface area contributed by atoms with Gasteiger partial charge in [0.2, 0.25) is 0 Å². The average molecular weight is 463 g/mol. The van der Waals surface area contributed by atoms with Gasteiger partial charge in [0.25, 0.3) is 0 Å². The molecule has 0 aliphatic carbocycles. The van der Waals surface area contributed by atoms with Crippen LogP contribution in [-0.2, 0) is 23.0 Å². The molecule has 0 spiro atoms. The number of unbranched alkanes of at least 4 members (excludes halogenated alkanes) is 10. The van der Waals surface area contributed by atoms with Crippen molar-refractivity contribution < 1.29 is 47.3 Å². The fraction of sp³-hybridized carbons (Fsp3) is 0.760. The first kappa shape index (κ1) is 30.9. The molecule has 1 aromatic rings. The van der Waals surface area contributed by atoms with Crippen LogP contribution in [0.4, 0.5) is 0 Å². The minimum absolute atomic E-state index is 0. The SMILES string of the molecule is CCCCCCCCc1cc(CCCCCCCC)cc(OCC(C)S(=O)(=O)[O-])c1.[Na+]. The summed E-state index contributed by atoms with van der Waals surface area (Å²) < 4.78 is 39.2. The third kappa shape index (κ3) is 15.4. The maximum Gasteiger partial charge on any atom is 1.00 e. The Morgan fingerprint density at radius 2 is 1.19 bits per heavy atom. The molecule has 0 aliphatic heterocycles. The van der Waals surface area contributed by atoms with Crippen molar-refractivity contribution in [1.82, 2.24) is 0 Å². The number of aryl methyl sites for hydroxylation is 2. The van der Waals surface area contributed by atoms with Crippen molar-refractivity contribution in [3.63, 3.8) is 0 Å². The third-order valence-electron chi connectivity index (χ3n) is 5.64. The molecule has 0 aromatic heterocycles. The summed E-state index contributed by atoms with van der Waals surface area (Å²) in [4.78, 5) is 0. The monoisotopic (exact) mass is 462 g/mol. The molecule has 0 N–H and O–H groups in total. The molecule has 1 atom stereocenters. The van der Waals surface area contributed by atoms with Crippen molar-refractivity contribution in [3.05, 3.63) is 29.3 Å². The summed E-state index contributed by atoms with van der Waals surface area (Å²) >= 11 is 0. The van der Waals surface area contributed by atoms with Crippen LogP contribution in [0.25, 0.3) is 0 Å². The van der Waals surface area contributed by atoms with E-state index in [2.05, 4.69) is 19.9 Å². The zero-order chi connectivity index (χ0) is 22.2. The quantitative estimate of drug-likeness (QED) is 0.189. The molecule has 0 fully saturated rings. The van der Waals surface area contributed by atoms with Gasteiger partial charge < -0.3 is 9.29 Å². The fourth-order valence-corrected chi connectivity index (χ4v) is 3.85. The van der Waals surface area contributed by atoms with Crippen molar-refractivity contribution in [1.29, 1.82) is 0 Å². The van der Waals surface area contributed by atoms with E-state index in [9.17, 15) is 13.0 Å². The predicted octanol–water partition coefficient (Wildman–Crippen LogP) is 3.81. The molecular weight excluding hydrogens is 419 g/mol. The van der Waals surface area contributed by atoms with E-state index in [1.165, 1.54) is 82.3 Å². The molecule has 0 saturated carbocycles. The summed E-state index contributed by atoms with van der Waals surface area (Å²) in [6.07, 6.45) is 17.2. The van der Waals surface area contributed by atoms with Crippen LogP contribution >= 0.6 is 0 Å². The van der Waals surface area contributed by atoms with E-state index in [4.69, 9.17) is 4.74 Å². The van der Waals surface area contributed by atoms with Crippen molar-refractivity contribution in [2.24, 2.45) is 0 Å². The molecule has 1 rings (SSSR count). The van der Waals surface area contributed by atoms with E-state index in [1.807, 2.05) is 12.1 Å². The van der Waals surface area contributed by atoms with Crippen LogP contribution in [-0.4, -0.2) is 24.8 Å². The van der Waals surface area contributed by atoms with Crippen LogP contribution < -0.4 is 34.3 Å². The van der Waals surface area contributed by atoms with E-state index >= 15 is 0 Å². The standard InChI is InChI=1S/C25H44O4S.Na/c1-4-6-8-10-12-14-16-23-18-24(17-15-13-11-9-7-5-2)20-25(19-23)29-21-22(3)30(26,27)28;/h18-20,22H,4-17,21H2,1-3H3,(H,26,27,28);/q;+1/p-1. The summed E-state index contributed by atoms with van der Waals surface area (Å²) in [5.41, 5.74) is 2.50. The van der Waals surface area contributed by atoms with Crippen LogP contribution in [0.2, 0.25) is 0 Å². The van der Waals surface area contributed by atoms with E-state index < -0.39 is 15.4 Å². The Hall–Kier alpha value is -0.0700. The molecule has 31 heavy (non-hydrogen) atoms. The van der Waals surface area contributed by atoms with E-state index in [-0.39, 0.29) is 36.2 Å². The van der Waals surface area contributed by atoms with Gasteiger partial charge in [0, 0.05) is 0 Å². The maximum absolute atomic E-state index is 11.1. The molecule has 0 saturated heterocycles. The van der Waals surface area contributed by atoms with Gasteiger partial charge in [0.1, 0.15) is 22.5 Å². The third-order valence-corrected chi connectivity index (χ3v) is 6.76. The molecule has 0 aliphatic rings. The van der Waals surface area contributed by atoms with Gasteiger partial charge in [-0.05, 0) is 55.9 Å². The minimum atomic E-state index is -4.32. The molecular formula is C25H43NaO4S. The molecule has 0 heterocycles. The Morgan fingerprint density at radius 3 is 1.61 bits per heavy atom. The Bertz CT molecular complexity index is 642. The number of ether oxygens (including phenoxy) is 1. The molecule has 4 nitrogen and oxygen atoms in total. The number of benzene rings is 1. The first-order valence-corrected chi connectivity index (χ1v) is 13.5. The Labute approximate surface area is 214 Å². The molecule has 1 aromatic carbocycles. The number of rotatable bonds is 18. The molecule has 174 valence electrons. The Morgan fingerprint density at radius 1 is 0.774 bits per heavy atom. The van der Waals surface area contributed by atoms with E-state index in [1.54, 1.807) is 0 Å². The first-order valence-electron chi connectivity index (χ1n) is 12.1. The average Bonchev–Trinajstić information content (AvgIpc) is 2.70. The summed E-state index contributed by atoms with van der Waals surface area (Å²) in [7, 11) is -4.32. The molecule has 0 amide bonds. The van der Waals surface area contributed by atoms with Crippen LogP contribution in [0.1, 0.15) is 109 Å². The largest absolute Gasteiger partial charge is 1.00 e. The van der Waals surface area contributed by atoms with Gasteiger partial charge in [-0.15, -0.1) is 0 Å². The molecule has 6 heteroatoms. The zero-order valence-electron chi connectivity index (χ0n) is 20.5. The van der Waals surface area contributed by atoms with Crippen LogP contribution in [0.5, 0.6) is 5.75 Å². The predicted molar refractivity (Wildman–Crippen MR) is 125 cm³/mol. The second kappa shape index (κ2) is 18.4.